The summed E-state index contributed by atoms with van der Waals surface area (Å²) < 4.78 is 10.4. The van der Waals surface area contributed by atoms with Gasteiger partial charge in [-0.15, -0.1) is 0 Å². The number of benzene rings is 1. The molecule has 0 fully saturated rings. The van der Waals surface area contributed by atoms with Crippen LogP contribution in [0.25, 0.3) is 0 Å². The molecular formula is C14H21NO3. The van der Waals surface area contributed by atoms with Crippen LogP contribution in [0.1, 0.15) is 29.8 Å². The molecule has 0 amide bonds. The molecule has 0 saturated carbocycles. The van der Waals surface area contributed by atoms with E-state index in [0.717, 1.165) is 18.7 Å². The molecule has 1 aromatic rings. The van der Waals surface area contributed by atoms with Crippen molar-refractivity contribution in [3.63, 3.8) is 0 Å². The van der Waals surface area contributed by atoms with E-state index < -0.39 is 0 Å². The van der Waals surface area contributed by atoms with Crippen molar-refractivity contribution in [2.45, 2.75) is 20.5 Å². The molecule has 0 saturated heterocycles. The molecule has 0 heterocycles. The Kier molecular flexibility index (Phi) is 7.06. The fourth-order valence-corrected chi connectivity index (χ4v) is 1.46. The van der Waals surface area contributed by atoms with Gasteiger partial charge in [-0.25, -0.2) is 4.79 Å². The van der Waals surface area contributed by atoms with E-state index in [1.165, 1.54) is 0 Å². The van der Waals surface area contributed by atoms with Crippen molar-refractivity contribution >= 4 is 5.97 Å². The first kappa shape index (κ1) is 14.7. The fraction of sp³-hybridized carbons (Fsp3) is 0.500. The van der Waals surface area contributed by atoms with Gasteiger partial charge in [-0.2, -0.15) is 0 Å². The van der Waals surface area contributed by atoms with Crippen molar-refractivity contribution in [2.24, 2.45) is 0 Å². The Morgan fingerprint density at radius 1 is 1.22 bits per heavy atom. The molecule has 0 aliphatic heterocycles. The van der Waals surface area contributed by atoms with Crippen LogP contribution in [0.5, 0.6) is 0 Å². The highest BCUT2D eigenvalue weighted by molar-refractivity contribution is 5.89. The summed E-state index contributed by atoms with van der Waals surface area (Å²) in [6.45, 7) is 7.32. The lowest BCUT2D eigenvalue weighted by atomic mass is 10.1. The van der Waals surface area contributed by atoms with Gasteiger partial charge in [0.1, 0.15) is 0 Å². The third-order valence-corrected chi connectivity index (χ3v) is 2.41. The van der Waals surface area contributed by atoms with Crippen molar-refractivity contribution in [1.29, 1.82) is 0 Å². The Labute approximate surface area is 108 Å². The zero-order valence-electron chi connectivity index (χ0n) is 11.1. The highest BCUT2D eigenvalue weighted by Crippen LogP contribution is 2.07. The van der Waals surface area contributed by atoms with E-state index >= 15 is 0 Å². The van der Waals surface area contributed by atoms with E-state index in [1.807, 2.05) is 12.1 Å². The van der Waals surface area contributed by atoms with E-state index in [1.54, 1.807) is 19.1 Å². The van der Waals surface area contributed by atoms with Gasteiger partial charge in [0.05, 0.1) is 25.4 Å². The molecule has 4 heteroatoms. The second kappa shape index (κ2) is 8.66. The van der Waals surface area contributed by atoms with E-state index in [0.29, 0.717) is 25.4 Å². The molecule has 1 aromatic carbocycles. The molecule has 4 nitrogen and oxygen atoms in total. The standard InChI is InChI=1S/C14H21NO3/c1-3-15-9-10-17-11-12-5-7-13(8-6-12)14(16)18-4-2/h5-8,15H,3-4,9-11H2,1-2H3. The molecule has 0 aromatic heterocycles. The van der Waals surface area contributed by atoms with Gasteiger partial charge in [0.15, 0.2) is 0 Å². The number of rotatable bonds is 8. The number of carbonyl (C=O) groups is 1. The lowest BCUT2D eigenvalue weighted by Gasteiger charge is -2.06. The van der Waals surface area contributed by atoms with E-state index in [2.05, 4.69) is 12.2 Å². The van der Waals surface area contributed by atoms with Crippen LogP contribution >= 0.6 is 0 Å². The molecule has 0 unspecified atom stereocenters. The second-order valence-corrected chi connectivity index (χ2v) is 3.82. The summed E-state index contributed by atoms with van der Waals surface area (Å²) in [6, 6.07) is 7.31. The average Bonchev–Trinajstić information content (AvgIpc) is 2.39. The summed E-state index contributed by atoms with van der Waals surface area (Å²) in [4.78, 5) is 11.4. The molecule has 0 spiro atoms. The number of carbonyl (C=O) groups excluding carboxylic acids is 1. The Morgan fingerprint density at radius 3 is 2.56 bits per heavy atom. The van der Waals surface area contributed by atoms with Crippen molar-refractivity contribution in [1.82, 2.24) is 5.32 Å². The molecule has 18 heavy (non-hydrogen) atoms. The minimum atomic E-state index is -0.280. The number of hydrogen-bond acceptors (Lipinski definition) is 4. The third-order valence-electron chi connectivity index (χ3n) is 2.41. The maximum atomic E-state index is 11.4. The van der Waals surface area contributed by atoms with Crippen LogP contribution in [0.15, 0.2) is 24.3 Å². The smallest absolute Gasteiger partial charge is 0.338 e. The number of ether oxygens (including phenoxy) is 2. The summed E-state index contributed by atoms with van der Waals surface area (Å²) in [5, 5.41) is 3.19. The molecule has 0 aliphatic carbocycles. The molecule has 1 N–H and O–H groups in total. The fourth-order valence-electron chi connectivity index (χ4n) is 1.46. The van der Waals surface area contributed by atoms with E-state index in [4.69, 9.17) is 9.47 Å². The molecular weight excluding hydrogens is 230 g/mol. The Bertz CT molecular complexity index is 349. The summed E-state index contributed by atoms with van der Waals surface area (Å²) >= 11 is 0. The van der Waals surface area contributed by atoms with Crippen LogP contribution < -0.4 is 5.32 Å². The normalized spacial score (nSPS) is 10.3. The number of likely N-dealkylation sites (N-methyl/N-ethyl adjacent to an activating group) is 1. The van der Waals surface area contributed by atoms with Gasteiger partial charge in [-0.05, 0) is 31.2 Å². The predicted octanol–water partition coefficient (Wildman–Crippen LogP) is 1.99. The molecule has 1 rings (SSSR count). The van der Waals surface area contributed by atoms with Crippen LogP contribution in [0.2, 0.25) is 0 Å². The summed E-state index contributed by atoms with van der Waals surface area (Å²) in [5.41, 5.74) is 1.63. The highest BCUT2D eigenvalue weighted by Gasteiger charge is 2.05. The average molecular weight is 251 g/mol. The molecule has 0 bridgehead atoms. The highest BCUT2D eigenvalue weighted by atomic mass is 16.5. The van der Waals surface area contributed by atoms with Gasteiger partial charge in [0.25, 0.3) is 0 Å². The monoisotopic (exact) mass is 251 g/mol. The summed E-state index contributed by atoms with van der Waals surface area (Å²) in [5.74, 6) is -0.280. The minimum Gasteiger partial charge on any atom is -0.462 e. The molecule has 0 aliphatic rings. The van der Waals surface area contributed by atoms with Crippen LogP contribution in [0.4, 0.5) is 0 Å². The first-order chi connectivity index (χ1) is 8.77. The first-order valence-electron chi connectivity index (χ1n) is 6.32. The Balaban J connectivity index is 2.33. The van der Waals surface area contributed by atoms with Crippen LogP contribution in [0.3, 0.4) is 0 Å². The molecule has 100 valence electrons. The Morgan fingerprint density at radius 2 is 1.94 bits per heavy atom. The maximum Gasteiger partial charge on any atom is 0.338 e. The number of nitrogens with one attached hydrogen (secondary N) is 1. The molecule has 0 radical (unpaired) electrons. The SMILES string of the molecule is CCNCCOCc1ccc(C(=O)OCC)cc1. The van der Waals surface area contributed by atoms with Gasteiger partial charge in [0, 0.05) is 6.54 Å². The zero-order chi connectivity index (χ0) is 13.2. The van der Waals surface area contributed by atoms with Gasteiger partial charge in [0.2, 0.25) is 0 Å². The van der Waals surface area contributed by atoms with Crippen molar-refractivity contribution in [3.05, 3.63) is 35.4 Å². The third kappa shape index (κ3) is 5.29. The van der Waals surface area contributed by atoms with Crippen molar-refractivity contribution in [3.8, 4) is 0 Å². The van der Waals surface area contributed by atoms with Crippen LogP contribution in [-0.2, 0) is 16.1 Å². The topological polar surface area (TPSA) is 47.6 Å². The van der Waals surface area contributed by atoms with E-state index in [9.17, 15) is 4.79 Å². The first-order valence-corrected chi connectivity index (χ1v) is 6.32. The minimum absolute atomic E-state index is 0.280. The lowest BCUT2D eigenvalue weighted by molar-refractivity contribution is 0.0526. The van der Waals surface area contributed by atoms with Gasteiger partial charge >= 0.3 is 5.97 Å². The summed E-state index contributed by atoms with van der Waals surface area (Å²) in [6.07, 6.45) is 0. The largest absolute Gasteiger partial charge is 0.462 e. The quantitative estimate of drug-likeness (QED) is 0.567. The predicted molar refractivity (Wildman–Crippen MR) is 70.6 cm³/mol. The number of esters is 1. The maximum absolute atomic E-state index is 11.4. The summed E-state index contributed by atoms with van der Waals surface area (Å²) in [7, 11) is 0. The number of hydrogen-bond donors (Lipinski definition) is 1. The van der Waals surface area contributed by atoms with Crippen LogP contribution in [-0.4, -0.2) is 32.3 Å². The van der Waals surface area contributed by atoms with Crippen molar-refractivity contribution < 1.29 is 14.3 Å². The lowest BCUT2D eigenvalue weighted by Crippen LogP contribution is -2.18. The zero-order valence-corrected chi connectivity index (χ0v) is 11.1. The van der Waals surface area contributed by atoms with E-state index in [-0.39, 0.29) is 5.97 Å². The van der Waals surface area contributed by atoms with Gasteiger partial charge < -0.3 is 14.8 Å². The van der Waals surface area contributed by atoms with Gasteiger partial charge in [-0.3, -0.25) is 0 Å². The second-order valence-electron chi connectivity index (χ2n) is 3.82. The van der Waals surface area contributed by atoms with Crippen molar-refractivity contribution in [2.75, 3.05) is 26.3 Å². The molecule has 0 atom stereocenters. The Hall–Kier alpha value is -1.39. The van der Waals surface area contributed by atoms with Crippen LogP contribution in [0, 0.1) is 0 Å². The van der Waals surface area contributed by atoms with Gasteiger partial charge in [-0.1, -0.05) is 19.1 Å².